The number of amidine groups is 1. The van der Waals surface area contributed by atoms with Gasteiger partial charge in [0, 0.05) is 32.2 Å². The van der Waals surface area contributed by atoms with Crippen LogP contribution in [0.5, 0.6) is 0 Å². The molecule has 0 bridgehead atoms. The summed E-state index contributed by atoms with van der Waals surface area (Å²) in [5, 5.41) is 8.05. The maximum absolute atomic E-state index is 8.05. The highest BCUT2D eigenvalue weighted by molar-refractivity contribution is 5.83. The summed E-state index contributed by atoms with van der Waals surface area (Å²) in [7, 11) is 0. The summed E-state index contributed by atoms with van der Waals surface area (Å²) in [4.78, 5) is 2.10. The summed E-state index contributed by atoms with van der Waals surface area (Å²) in [5.74, 6) is 1.28. The molecule has 16 heavy (non-hydrogen) atoms. The molecule has 0 amide bonds. The maximum atomic E-state index is 8.05. The molecule has 0 aromatic carbocycles. The van der Waals surface area contributed by atoms with Crippen molar-refractivity contribution in [2.45, 2.75) is 26.7 Å². The van der Waals surface area contributed by atoms with E-state index in [4.69, 9.17) is 14.9 Å². The van der Waals surface area contributed by atoms with E-state index >= 15 is 0 Å². The molecule has 0 saturated heterocycles. The fourth-order valence-electron chi connectivity index (χ4n) is 1.61. The molecule has 1 saturated carbocycles. The van der Waals surface area contributed by atoms with Crippen molar-refractivity contribution >= 4 is 5.84 Å². The van der Waals surface area contributed by atoms with Gasteiger partial charge in [-0.15, -0.1) is 0 Å². The van der Waals surface area contributed by atoms with Gasteiger partial charge in [-0.3, -0.25) is 5.41 Å². The van der Waals surface area contributed by atoms with E-state index < -0.39 is 0 Å². The zero-order valence-corrected chi connectivity index (χ0v) is 10.5. The average Bonchev–Trinajstić information content (AvgIpc) is 3.10. The molecule has 0 unspecified atom stereocenters. The van der Waals surface area contributed by atoms with Crippen molar-refractivity contribution in [1.82, 2.24) is 4.90 Å². The average molecular weight is 228 g/mol. The summed E-state index contributed by atoms with van der Waals surface area (Å²) in [6.45, 7) is 8.53. The lowest BCUT2D eigenvalue weighted by Gasteiger charge is -2.25. The second kappa shape index (κ2) is 7.63. The van der Waals surface area contributed by atoms with Crippen LogP contribution in [-0.4, -0.2) is 50.3 Å². The van der Waals surface area contributed by atoms with Crippen LogP contribution in [0.4, 0.5) is 0 Å². The first-order valence-corrected chi connectivity index (χ1v) is 6.28. The molecule has 4 nitrogen and oxygen atoms in total. The number of hydrogen-bond acceptors (Lipinski definition) is 3. The van der Waals surface area contributed by atoms with Crippen molar-refractivity contribution < 1.29 is 9.47 Å². The molecule has 1 aliphatic carbocycles. The van der Waals surface area contributed by atoms with E-state index in [1.807, 2.05) is 13.8 Å². The summed E-state index contributed by atoms with van der Waals surface area (Å²) < 4.78 is 10.7. The minimum Gasteiger partial charge on any atom is -0.380 e. The second-order valence-electron chi connectivity index (χ2n) is 4.04. The monoisotopic (exact) mass is 228 g/mol. The molecular formula is C12H24N2O2. The van der Waals surface area contributed by atoms with Gasteiger partial charge >= 0.3 is 0 Å². The van der Waals surface area contributed by atoms with Crippen LogP contribution in [0.1, 0.15) is 26.7 Å². The fourth-order valence-corrected chi connectivity index (χ4v) is 1.61. The van der Waals surface area contributed by atoms with Crippen molar-refractivity contribution in [2.75, 3.05) is 39.5 Å². The quantitative estimate of drug-likeness (QED) is 0.371. The number of nitrogens with zero attached hydrogens (tertiary/aromatic N) is 1. The third-order valence-corrected chi connectivity index (χ3v) is 2.72. The molecule has 0 aromatic heterocycles. The minimum absolute atomic E-state index is 0.503. The topological polar surface area (TPSA) is 45.6 Å². The van der Waals surface area contributed by atoms with Gasteiger partial charge < -0.3 is 14.4 Å². The van der Waals surface area contributed by atoms with E-state index in [2.05, 4.69) is 4.90 Å². The summed E-state index contributed by atoms with van der Waals surface area (Å²) in [6.07, 6.45) is 2.36. The van der Waals surface area contributed by atoms with Gasteiger partial charge in [-0.2, -0.15) is 0 Å². The SMILES string of the molecule is CCOCCN(CCOCC)C(=N)C1CC1. The van der Waals surface area contributed by atoms with Crippen LogP contribution in [0.15, 0.2) is 0 Å². The van der Waals surface area contributed by atoms with E-state index in [9.17, 15) is 0 Å². The molecule has 0 atom stereocenters. The first-order valence-electron chi connectivity index (χ1n) is 6.28. The molecule has 0 aliphatic heterocycles. The zero-order valence-electron chi connectivity index (χ0n) is 10.5. The Kier molecular flexibility index (Phi) is 6.42. The number of hydrogen-bond donors (Lipinski definition) is 1. The highest BCUT2D eigenvalue weighted by Gasteiger charge is 2.29. The van der Waals surface area contributed by atoms with Crippen LogP contribution >= 0.6 is 0 Å². The van der Waals surface area contributed by atoms with Crippen molar-refractivity contribution in [2.24, 2.45) is 5.92 Å². The van der Waals surface area contributed by atoms with Gasteiger partial charge in [0.25, 0.3) is 0 Å². The van der Waals surface area contributed by atoms with Gasteiger partial charge in [-0.1, -0.05) is 0 Å². The molecule has 4 heteroatoms. The molecule has 1 N–H and O–H groups in total. The minimum atomic E-state index is 0.503. The van der Waals surface area contributed by atoms with Crippen LogP contribution in [0.2, 0.25) is 0 Å². The Hall–Kier alpha value is -0.610. The Balaban J connectivity index is 2.25. The summed E-state index contributed by atoms with van der Waals surface area (Å²) >= 11 is 0. The van der Waals surface area contributed by atoms with Gasteiger partial charge in [0.15, 0.2) is 0 Å². The Morgan fingerprint density at radius 2 is 1.62 bits per heavy atom. The largest absolute Gasteiger partial charge is 0.380 e. The van der Waals surface area contributed by atoms with Gasteiger partial charge in [0.2, 0.25) is 0 Å². The predicted molar refractivity (Wildman–Crippen MR) is 65.0 cm³/mol. The summed E-state index contributed by atoms with van der Waals surface area (Å²) in [5.41, 5.74) is 0. The van der Waals surface area contributed by atoms with E-state index in [1.165, 1.54) is 12.8 Å². The lowest BCUT2D eigenvalue weighted by atomic mass is 10.3. The third-order valence-electron chi connectivity index (χ3n) is 2.72. The molecular weight excluding hydrogens is 204 g/mol. The summed E-state index contributed by atoms with van der Waals surface area (Å²) in [6, 6.07) is 0. The van der Waals surface area contributed by atoms with Crippen molar-refractivity contribution in [3.63, 3.8) is 0 Å². The van der Waals surface area contributed by atoms with Gasteiger partial charge in [0.1, 0.15) is 0 Å². The molecule has 0 aromatic rings. The first-order chi connectivity index (χ1) is 7.79. The van der Waals surface area contributed by atoms with Crippen molar-refractivity contribution in [3.8, 4) is 0 Å². The Morgan fingerprint density at radius 1 is 1.12 bits per heavy atom. The lowest BCUT2D eigenvalue weighted by molar-refractivity contribution is 0.106. The number of ether oxygens (including phenoxy) is 2. The molecule has 94 valence electrons. The maximum Gasteiger partial charge on any atom is 0.0991 e. The molecule has 0 spiro atoms. The molecule has 0 radical (unpaired) electrons. The smallest absolute Gasteiger partial charge is 0.0991 e. The molecule has 1 aliphatic rings. The zero-order chi connectivity index (χ0) is 11.8. The van der Waals surface area contributed by atoms with E-state index in [0.29, 0.717) is 19.1 Å². The van der Waals surface area contributed by atoms with Crippen molar-refractivity contribution in [3.05, 3.63) is 0 Å². The number of rotatable bonds is 9. The van der Waals surface area contributed by atoms with Crippen LogP contribution < -0.4 is 0 Å². The Labute approximate surface area is 98.4 Å². The molecule has 0 heterocycles. The Morgan fingerprint density at radius 3 is 2.00 bits per heavy atom. The normalized spacial score (nSPS) is 15.1. The van der Waals surface area contributed by atoms with Crippen LogP contribution in [0.25, 0.3) is 0 Å². The Bertz CT molecular complexity index is 195. The van der Waals surface area contributed by atoms with Gasteiger partial charge in [0.05, 0.1) is 19.0 Å². The van der Waals surface area contributed by atoms with Crippen LogP contribution in [-0.2, 0) is 9.47 Å². The van der Waals surface area contributed by atoms with Crippen molar-refractivity contribution in [1.29, 1.82) is 5.41 Å². The number of nitrogens with one attached hydrogen (secondary N) is 1. The standard InChI is InChI=1S/C12H24N2O2/c1-3-15-9-7-14(8-10-16-4-2)12(13)11-5-6-11/h11,13H,3-10H2,1-2H3. The molecule has 1 rings (SSSR count). The highest BCUT2D eigenvalue weighted by atomic mass is 16.5. The van der Waals surface area contributed by atoms with Gasteiger partial charge in [-0.05, 0) is 26.7 Å². The second-order valence-corrected chi connectivity index (χ2v) is 4.04. The third kappa shape index (κ3) is 4.94. The lowest BCUT2D eigenvalue weighted by Crippen LogP contribution is -2.37. The van der Waals surface area contributed by atoms with Gasteiger partial charge in [-0.25, -0.2) is 0 Å². The van der Waals surface area contributed by atoms with Crippen LogP contribution in [0, 0.1) is 11.3 Å². The predicted octanol–water partition coefficient (Wildman–Crippen LogP) is 1.75. The first kappa shape index (κ1) is 13.5. The fraction of sp³-hybridized carbons (Fsp3) is 0.917. The van der Waals surface area contributed by atoms with Crippen LogP contribution in [0.3, 0.4) is 0 Å². The van der Waals surface area contributed by atoms with E-state index in [0.717, 1.165) is 32.1 Å². The van der Waals surface area contributed by atoms with E-state index in [1.54, 1.807) is 0 Å². The molecule has 1 fully saturated rings. The van der Waals surface area contributed by atoms with E-state index in [-0.39, 0.29) is 0 Å². The highest BCUT2D eigenvalue weighted by Crippen LogP contribution is 2.31.